The van der Waals surface area contributed by atoms with Crippen LogP contribution in [0.15, 0.2) is 24.3 Å². The van der Waals surface area contributed by atoms with Gasteiger partial charge in [-0.3, -0.25) is 19.7 Å². The molecule has 1 aliphatic rings. The van der Waals surface area contributed by atoms with Crippen LogP contribution < -0.4 is 10.6 Å². The predicted octanol–water partition coefficient (Wildman–Crippen LogP) is 2.05. The second kappa shape index (κ2) is 6.35. The van der Waals surface area contributed by atoms with Crippen molar-refractivity contribution in [3.8, 4) is 0 Å². The number of anilines is 1. The third-order valence-corrected chi connectivity index (χ3v) is 3.34. The highest BCUT2D eigenvalue weighted by molar-refractivity contribution is 5.99. The van der Waals surface area contributed by atoms with Gasteiger partial charge in [0.25, 0.3) is 0 Å². The van der Waals surface area contributed by atoms with Crippen molar-refractivity contribution in [3.63, 3.8) is 0 Å². The maximum Gasteiger partial charge on any atom is 0.383 e. The third kappa shape index (κ3) is 3.85. The van der Waals surface area contributed by atoms with Crippen molar-refractivity contribution in [3.05, 3.63) is 29.8 Å². The smallest absolute Gasteiger partial charge is 0.321 e. The first kappa shape index (κ1) is 16.9. The summed E-state index contributed by atoms with van der Waals surface area (Å²) in [4.78, 5) is 33.9. The van der Waals surface area contributed by atoms with Crippen LogP contribution in [0.3, 0.4) is 0 Å². The van der Waals surface area contributed by atoms with Gasteiger partial charge >= 0.3 is 18.3 Å². The van der Waals surface area contributed by atoms with Gasteiger partial charge in [-0.1, -0.05) is 12.1 Å². The van der Waals surface area contributed by atoms with Crippen molar-refractivity contribution in [2.75, 3.05) is 5.32 Å². The molecule has 9 heteroatoms. The minimum atomic E-state index is -4.81. The summed E-state index contributed by atoms with van der Waals surface area (Å²) in [6.45, 7) is 0. The van der Waals surface area contributed by atoms with Gasteiger partial charge in [0.2, 0.25) is 11.8 Å². The van der Waals surface area contributed by atoms with Crippen molar-refractivity contribution < 1.29 is 31.9 Å². The molecule has 1 saturated heterocycles. The van der Waals surface area contributed by atoms with Gasteiger partial charge in [0.05, 0.1) is 0 Å². The first-order chi connectivity index (χ1) is 10.7. The number of nitrogens with one attached hydrogen (secondary N) is 2. The summed E-state index contributed by atoms with van der Waals surface area (Å²) in [7, 11) is 0. The summed E-state index contributed by atoms with van der Waals surface area (Å²) in [6.07, 6.45) is -4.07. The van der Waals surface area contributed by atoms with Gasteiger partial charge < -0.3 is 5.32 Å². The minimum absolute atomic E-state index is 0.0241. The minimum Gasteiger partial charge on any atom is -0.321 e. The quantitative estimate of drug-likeness (QED) is 0.654. The fraction of sp³-hybridized carbons (Fsp3) is 0.357. The number of amides is 3. The Balaban J connectivity index is 2.16. The second-order valence-corrected chi connectivity index (χ2v) is 5.08. The second-order valence-electron chi connectivity index (χ2n) is 5.08. The number of carbonyl (C=O) groups excluding carboxylic acids is 3. The van der Waals surface area contributed by atoms with Crippen LogP contribution in [0.4, 0.5) is 23.2 Å². The molecule has 0 atom stereocenters. The van der Waals surface area contributed by atoms with Crippen LogP contribution in [-0.4, -0.2) is 30.1 Å². The first-order valence-corrected chi connectivity index (χ1v) is 6.60. The van der Waals surface area contributed by atoms with Gasteiger partial charge in [-0.25, -0.2) is 8.78 Å². The van der Waals surface area contributed by atoms with Gasteiger partial charge in [-0.2, -0.15) is 8.78 Å². The molecule has 0 saturated carbocycles. The Kier molecular flexibility index (Phi) is 4.67. The van der Waals surface area contributed by atoms with E-state index in [1.165, 1.54) is 18.2 Å². The number of carbonyl (C=O) groups is 3. The van der Waals surface area contributed by atoms with Crippen molar-refractivity contribution in [1.82, 2.24) is 5.32 Å². The van der Waals surface area contributed by atoms with E-state index in [-0.39, 0.29) is 18.5 Å². The lowest BCUT2D eigenvalue weighted by molar-refractivity contribution is -0.163. The van der Waals surface area contributed by atoms with Crippen molar-refractivity contribution in [2.24, 2.45) is 0 Å². The molecule has 0 spiro atoms. The molecule has 0 bridgehead atoms. The molecule has 3 amide bonds. The Labute approximate surface area is 128 Å². The topological polar surface area (TPSA) is 75.3 Å². The molecule has 1 fully saturated rings. The van der Waals surface area contributed by atoms with Gasteiger partial charge in [0.1, 0.15) is 0 Å². The molecular weight excluding hydrogens is 320 g/mol. The molecule has 23 heavy (non-hydrogen) atoms. The predicted molar refractivity (Wildman–Crippen MR) is 71.1 cm³/mol. The fourth-order valence-corrected chi connectivity index (χ4v) is 2.20. The molecular formula is C14H12F4N2O3. The molecule has 1 aromatic rings. The monoisotopic (exact) mass is 332 g/mol. The Hall–Kier alpha value is -2.45. The molecule has 124 valence electrons. The molecule has 1 heterocycles. The van der Waals surface area contributed by atoms with Gasteiger partial charge in [-0.15, -0.1) is 0 Å². The number of piperidine rings is 1. The van der Waals surface area contributed by atoms with Crippen molar-refractivity contribution >= 4 is 23.4 Å². The van der Waals surface area contributed by atoms with E-state index in [4.69, 9.17) is 0 Å². The van der Waals surface area contributed by atoms with Crippen LogP contribution in [0, 0.1) is 0 Å². The lowest BCUT2D eigenvalue weighted by Gasteiger charge is -2.22. The number of hydrogen-bond acceptors (Lipinski definition) is 3. The van der Waals surface area contributed by atoms with Crippen LogP contribution in [-0.2, 0) is 14.4 Å². The standard InChI is InChI=1S/C14H12F4N2O3/c15-12(16)14(17,18)13(23)19-9-3-1-2-7(4-9)8-5-10(21)20-11(22)6-8/h1-4,8,12H,5-6H2,(H,19,23)(H,20,21,22). The van der Waals surface area contributed by atoms with Crippen LogP contribution in [0.5, 0.6) is 0 Å². The normalized spacial score (nSPS) is 16.4. The first-order valence-electron chi connectivity index (χ1n) is 6.60. The maximum absolute atomic E-state index is 12.9. The lowest BCUT2D eigenvalue weighted by Crippen LogP contribution is -2.41. The Morgan fingerprint density at radius 3 is 2.39 bits per heavy atom. The van der Waals surface area contributed by atoms with E-state index in [0.29, 0.717) is 5.56 Å². The van der Waals surface area contributed by atoms with Crippen molar-refractivity contribution in [1.29, 1.82) is 0 Å². The van der Waals surface area contributed by atoms with E-state index < -0.39 is 36.0 Å². The molecule has 0 radical (unpaired) electrons. The Bertz CT molecular complexity index is 633. The maximum atomic E-state index is 12.9. The third-order valence-electron chi connectivity index (χ3n) is 3.34. The van der Waals surface area contributed by atoms with Gasteiger partial charge in [-0.05, 0) is 17.7 Å². The average molecular weight is 332 g/mol. The fourth-order valence-electron chi connectivity index (χ4n) is 2.20. The summed E-state index contributed by atoms with van der Waals surface area (Å²) in [6, 6.07) is 5.48. The number of alkyl halides is 4. The summed E-state index contributed by atoms with van der Waals surface area (Å²) >= 11 is 0. The largest absolute Gasteiger partial charge is 0.383 e. The highest BCUT2D eigenvalue weighted by Gasteiger charge is 2.49. The summed E-state index contributed by atoms with van der Waals surface area (Å²) in [5, 5.41) is 3.84. The number of halogens is 4. The molecule has 2 N–H and O–H groups in total. The van der Waals surface area contributed by atoms with Gasteiger partial charge in [0.15, 0.2) is 0 Å². The molecule has 1 aromatic carbocycles. The summed E-state index contributed by atoms with van der Waals surface area (Å²) in [5.74, 6) is -8.34. The molecule has 0 aliphatic carbocycles. The molecule has 0 unspecified atom stereocenters. The molecule has 2 rings (SSSR count). The average Bonchev–Trinajstić information content (AvgIpc) is 2.46. The zero-order valence-corrected chi connectivity index (χ0v) is 11.6. The number of imide groups is 1. The van der Waals surface area contributed by atoms with Crippen LogP contribution >= 0.6 is 0 Å². The number of benzene rings is 1. The van der Waals surface area contributed by atoms with Crippen LogP contribution in [0.2, 0.25) is 0 Å². The number of rotatable bonds is 4. The van der Waals surface area contributed by atoms with E-state index in [2.05, 4.69) is 5.32 Å². The zero-order chi connectivity index (χ0) is 17.2. The van der Waals surface area contributed by atoms with E-state index in [0.717, 1.165) is 0 Å². The number of hydrogen-bond donors (Lipinski definition) is 2. The van der Waals surface area contributed by atoms with Crippen molar-refractivity contribution in [2.45, 2.75) is 31.1 Å². The van der Waals surface area contributed by atoms with E-state index in [1.54, 1.807) is 11.4 Å². The zero-order valence-electron chi connectivity index (χ0n) is 11.6. The van der Waals surface area contributed by atoms with E-state index in [1.807, 2.05) is 0 Å². The van der Waals surface area contributed by atoms with E-state index >= 15 is 0 Å². The van der Waals surface area contributed by atoms with E-state index in [9.17, 15) is 31.9 Å². The Morgan fingerprint density at radius 2 is 1.83 bits per heavy atom. The molecule has 0 aromatic heterocycles. The highest BCUT2D eigenvalue weighted by Crippen LogP contribution is 2.29. The molecule has 1 aliphatic heterocycles. The summed E-state index contributed by atoms with van der Waals surface area (Å²) in [5.41, 5.74) is 0.345. The highest BCUT2D eigenvalue weighted by atomic mass is 19.3. The SMILES string of the molecule is O=C1CC(c2cccc(NC(=O)C(F)(F)C(F)F)c2)CC(=O)N1. The lowest BCUT2D eigenvalue weighted by atomic mass is 9.89. The van der Waals surface area contributed by atoms with Crippen LogP contribution in [0.1, 0.15) is 24.3 Å². The van der Waals surface area contributed by atoms with Gasteiger partial charge in [0, 0.05) is 24.4 Å². The summed E-state index contributed by atoms with van der Waals surface area (Å²) < 4.78 is 50.1. The van der Waals surface area contributed by atoms with Crippen LogP contribution in [0.25, 0.3) is 0 Å². The molecule has 5 nitrogen and oxygen atoms in total. The Morgan fingerprint density at radius 1 is 1.22 bits per heavy atom.